The molecule has 1 aliphatic heterocycles. The van der Waals surface area contributed by atoms with Crippen LogP contribution in [0.25, 0.3) is 11.8 Å². The summed E-state index contributed by atoms with van der Waals surface area (Å²) < 4.78 is 2.70. The van der Waals surface area contributed by atoms with Gasteiger partial charge in [0.05, 0.1) is 16.3 Å². The van der Waals surface area contributed by atoms with Gasteiger partial charge < -0.3 is 0 Å². The van der Waals surface area contributed by atoms with Gasteiger partial charge in [-0.1, -0.05) is 49.1 Å². The molecule has 2 aromatic rings. The summed E-state index contributed by atoms with van der Waals surface area (Å²) in [7, 11) is 0. The predicted molar refractivity (Wildman–Crippen MR) is 134 cm³/mol. The Kier molecular flexibility index (Phi) is 5.06. The summed E-state index contributed by atoms with van der Waals surface area (Å²) in [4.78, 5) is 15.6. The van der Waals surface area contributed by atoms with Crippen molar-refractivity contribution in [1.82, 2.24) is 14.7 Å². The van der Waals surface area contributed by atoms with Gasteiger partial charge in [-0.25, -0.2) is 4.68 Å². The van der Waals surface area contributed by atoms with Crippen LogP contribution in [-0.2, 0) is 10.2 Å². The van der Waals surface area contributed by atoms with E-state index in [1.807, 2.05) is 10.7 Å². The first-order valence-corrected chi connectivity index (χ1v) is 13.2. The third-order valence-corrected chi connectivity index (χ3v) is 9.29. The summed E-state index contributed by atoms with van der Waals surface area (Å²) in [5.74, 6) is 2.59. The van der Waals surface area contributed by atoms with Crippen LogP contribution < -0.4 is 0 Å². The number of hydrogen-bond acceptors (Lipinski definition) is 4. The summed E-state index contributed by atoms with van der Waals surface area (Å²) >= 11 is 6.95. The topological polar surface area (TPSA) is 38.1 Å². The fraction of sp³-hybridized carbons (Fsp3) is 0.500. The monoisotopic (exact) mass is 463 g/mol. The number of amides is 1. The fourth-order valence-electron chi connectivity index (χ4n) is 7.08. The van der Waals surface area contributed by atoms with E-state index in [2.05, 4.69) is 43.5 Å². The second kappa shape index (κ2) is 7.84. The molecule has 1 aromatic carbocycles. The van der Waals surface area contributed by atoms with E-state index >= 15 is 0 Å². The summed E-state index contributed by atoms with van der Waals surface area (Å²) in [6.07, 6.45) is 13.1. The van der Waals surface area contributed by atoms with E-state index in [1.165, 1.54) is 56.0 Å². The Hall–Kier alpha value is -1.92. The molecular formula is C26H29N3OS2. The van der Waals surface area contributed by atoms with Gasteiger partial charge in [-0.05, 0) is 80.9 Å². The highest BCUT2D eigenvalue weighted by atomic mass is 32.2. The molecule has 1 aromatic heterocycles. The minimum atomic E-state index is 0.0470. The highest BCUT2D eigenvalue weighted by Crippen LogP contribution is 2.61. The number of para-hydroxylation sites is 1. The van der Waals surface area contributed by atoms with E-state index in [-0.39, 0.29) is 11.3 Å². The second-order valence-corrected chi connectivity index (χ2v) is 11.9. The maximum atomic E-state index is 13.1. The van der Waals surface area contributed by atoms with Crippen LogP contribution in [0.5, 0.6) is 0 Å². The Balaban J connectivity index is 1.44. The molecule has 7 rings (SSSR count). The molecule has 1 amide bonds. The summed E-state index contributed by atoms with van der Waals surface area (Å²) in [6.45, 7) is 2.77. The van der Waals surface area contributed by atoms with E-state index in [1.54, 1.807) is 4.90 Å². The van der Waals surface area contributed by atoms with Gasteiger partial charge in [-0.2, -0.15) is 5.10 Å². The number of thiocarbonyl (C=S) groups is 1. The van der Waals surface area contributed by atoms with E-state index in [0.29, 0.717) is 10.9 Å². The molecule has 4 aliphatic carbocycles. The number of benzene rings is 1. The molecule has 2 heterocycles. The van der Waals surface area contributed by atoms with E-state index in [9.17, 15) is 4.79 Å². The quantitative estimate of drug-likeness (QED) is 0.406. The van der Waals surface area contributed by atoms with Crippen LogP contribution in [-0.4, -0.2) is 31.5 Å². The largest absolute Gasteiger partial charge is 0.293 e. The molecule has 4 nitrogen and oxygen atoms in total. The van der Waals surface area contributed by atoms with Gasteiger partial charge in [0.15, 0.2) is 0 Å². The van der Waals surface area contributed by atoms with Crippen molar-refractivity contribution >= 4 is 40.3 Å². The van der Waals surface area contributed by atoms with Gasteiger partial charge in [0, 0.05) is 23.7 Å². The lowest BCUT2D eigenvalue weighted by Gasteiger charge is -2.56. The van der Waals surface area contributed by atoms with E-state index < -0.39 is 0 Å². The lowest BCUT2D eigenvalue weighted by molar-refractivity contribution is -0.122. The highest BCUT2D eigenvalue weighted by Gasteiger charge is 2.53. The van der Waals surface area contributed by atoms with Crippen LogP contribution >= 0.6 is 24.0 Å². The number of thioether (sulfide) groups is 1. The van der Waals surface area contributed by atoms with Gasteiger partial charge in [-0.15, -0.1) is 0 Å². The Morgan fingerprint density at radius 1 is 1.12 bits per heavy atom. The highest BCUT2D eigenvalue weighted by molar-refractivity contribution is 8.26. The third-order valence-electron chi connectivity index (χ3n) is 7.91. The second-order valence-electron chi connectivity index (χ2n) is 10.2. The number of rotatable bonds is 5. The standard InChI is InChI=1S/C26H29N3OS2/c1-2-8-28-24(30)22(32-25(28)31)12-20-16-29(21-6-4-3-5-7-21)27-23(20)26-13-17-9-18(14-26)11-19(10-17)15-26/h3-7,12,16-19H,2,8-11,13-15H2,1H3. The molecule has 0 N–H and O–H groups in total. The molecule has 5 aliphatic rings. The van der Waals surface area contributed by atoms with Crippen molar-refractivity contribution in [3.05, 3.63) is 52.7 Å². The van der Waals surface area contributed by atoms with Crippen LogP contribution in [0.2, 0.25) is 0 Å². The number of hydrogen-bond donors (Lipinski definition) is 0. The first-order valence-electron chi connectivity index (χ1n) is 12.0. The zero-order chi connectivity index (χ0) is 21.9. The first-order chi connectivity index (χ1) is 15.5. The number of carbonyl (C=O) groups is 1. The Labute approximate surface area is 199 Å². The van der Waals surface area contributed by atoms with Gasteiger partial charge in [-0.3, -0.25) is 9.69 Å². The summed E-state index contributed by atoms with van der Waals surface area (Å²) in [5, 5.41) is 5.22. The van der Waals surface area contributed by atoms with Crippen LogP contribution in [0.1, 0.15) is 63.1 Å². The minimum Gasteiger partial charge on any atom is -0.293 e. The van der Waals surface area contributed by atoms with Gasteiger partial charge in [0.2, 0.25) is 0 Å². The van der Waals surface area contributed by atoms with Crippen LogP contribution in [0.4, 0.5) is 0 Å². The smallest absolute Gasteiger partial charge is 0.266 e. The molecule has 32 heavy (non-hydrogen) atoms. The number of carbonyl (C=O) groups excluding carboxylic acids is 1. The van der Waals surface area contributed by atoms with Crippen molar-refractivity contribution in [1.29, 1.82) is 0 Å². The molecule has 6 heteroatoms. The Morgan fingerprint density at radius 2 is 1.78 bits per heavy atom. The van der Waals surface area contributed by atoms with Crippen molar-refractivity contribution in [3.8, 4) is 5.69 Å². The average molecular weight is 464 g/mol. The third kappa shape index (κ3) is 3.38. The van der Waals surface area contributed by atoms with Crippen molar-refractivity contribution in [2.75, 3.05) is 6.54 Å². The zero-order valence-corrected chi connectivity index (χ0v) is 20.1. The van der Waals surface area contributed by atoms with E-state index in [0.717, 1.165) is 40.3 Å². The summed E-state index contributed by atoms with van der Waals surface area (Å²) in [5.41, 5.74) is 3.54. The predicted octanol–water partition coefficient (Wildman–Crippen LogP) is 5.95. The SMILES string of the molecule is CCCN1C(=O)C(=Cc2cn(-c3ccccc3)nc2C23CC4CC(CC(C4)C2)C3)SC1=S. The Bertz CT molecular complexity index is 1070. The molecule has 4 bridgehead atoms. The van der Waals surface area contributed by atoms with Crippen molar-refractivity contribution in [2.24, 2.45) is 17.8 Å². The Morgan fingerprint density at radius 3 is 2.41 bits per heavy atom. The van der Waals surface area contributed by atoms with Crippen molar-refractivity contribution in [3.63, 3.8) is 0 Å². The number of aromatic nitrogens is 2. The van der Waals surface area contributed by atoms with Crippen molar-refractivity contribution < 1.29 is 4.79 Å². The molecule has 0 radical (unpaired) electrons. The van der Waals surface area contributed by atoms with Gasteiger partial charge in [0.1, 0.15) is 4.32 Å². The molecule has 0 unspecified atom stereocenters. The molecular weight excluding hydrogens is 434 g/mol. The molecule has 0 atom stereocenters. The maximum absolute atomic E-state index is 13.1. The molecule has 166 valence electrons. The van der Waals surface area contributed by atoms with Crippen LogP contribution in [0.3, 0.4) is 0 Å². The average Bonchev–Trinajstić information content (AvgIpc) is 3.31. The lowest BCUT2D eigenvalue weighted by Crippen LogP contribution is -2.49. The first kappa shape index (κ1) is 20.7. The van der Waals surface area contributed by atoms with Crippen LogP contribution in [0.15, 0.2) is 41.4 Å². The zero-order valence-electron chi connectivity index (χ0n) is 18.5. The maximum Gasteiger partial charge on any atom is 0.266 e. The molecule has 1 saturated heterocycles. The van der Waals surface area contributed by atoms with Gasteiger partial charge in [0.25, 0.3) is 5.91 Å². The molecule has 5 fully saturated rings. The van der Waals surface area contributed by atoms with Crippen molar-refractivity contribution in [2.45, 2.75) is 57.3 Å². The fourth-order valence-corrected chi connectivity index (χ4v) is 8.38. The lowest BCUT2D eigenvalue weighted by atomic mass is 9.48. The van der Waals surface area contributed by atoms with Crippen LogP contribution in [0, 0.1) is 17.8 Å². The van der Waals surface area contributed by atoms with E-state index in [4.69, 9.17) is 17.3 Å². The van der Waals surface area contributed by atoms with Gasteiger partial charge >= 0.3 is 0 Å². The normalized spacial score (nSPS) is 32.5. The summed E-state index contributed by atoms with van der Waals surface area (Å²) in [6, 6.07) is 10.3. The minimum absolute atomic E-state index is 0.0470. The molecule has 4 saturated carbocycles. The molecule has 0 spiro atoms. The number of nitrogens with zero attached hydrogens (tertiary/aromatic N) is 3.